The van der Waals surface area contributed by atoms with Gasteiger partial charge in [0.15, 0.2) is 0 Å². The van der Waals surface area contributed by atoms with Crippen molar-refractivity contribution in [1.82, 2.24) is 0 Å². The number of rotatable bonds is 0. The summed E-state index contributed by atoms with van der Waals surface area (Å²) < 4.78 is 0. The van der Waals surface area contributed by atoms with Crippen molar-refractivity contribution in [3.8, 4) is 0 Å². The van der Waals surface area contributed by atoms with E-state index < -0.39 is 0 Å². The van der Waals surface area contributed by atoms with Gasteiger partial charge in [-0.25, -0.2) is 0 Å². The molecule has 0 N–H and O–H groups in total. The first-order valence-corrected chi connectivity index (χ1v) is 3.16. The monoisotopic (exact) mass is 315 g/mol. The number of nitrogens with zero attached hydrogens (tertiary/aromatic N) is 1. The van der Waals surface area contributed by atoms with Crippen molar-refractivity contribution in [2.45, 2.75) is 0 Å². The molecule has 1 nitrogen and oxygen atoms in total. The Hall–Kier alpha value is -0.0799. The molecule has 1 aromatic rings. The van der Waals surface area contributed by atoms with E-state index in [-0.39, 0.29) is 25.8 Å². The van der Waals surface area contributed by atoms with Gasteiger partial charge >= 0.3 is 0 Å². The molecule has 2 heteroatoms. The Morgan fingerprint density at radius 1 is 1.09 bits per heavy atom. The molecule has 1 aromatic carbocycles. The van der Waals surface area contributed by atoms with Crippen molar-refractivity contribution in [1.29, 1.82) is 0 Å². The molecule has 0 aromatic heterocycles. The fourth-order valence-corrected chi connectivity index (χ4v) is 0.478. The van der Waals surface area contributed by atoms with E-state index in [1.807, 2.05) is 30.3 Å². The second kappa shape index (κ2) is 9.92. The number of benzene rings is 1. The number of hydrogen-bond donors (Lipinski definition) is 0. The minimum Gasteiger partial charge on any atom is -0.668 e. The molecule has 0 atom stereocenters. The van der Waals surface area contributed by atoms with Gasteiger partial charge in [-0.15, -0.1) is 12.1 Å². The van der Waals surface area contributed by atoms with Crippen molar-refractivity contribution in [3.05, 3.63) is 48.1 Å². The smallest absolute Gasteiger partial charge is 0 e. The maximum Gasteiger partial charge on any atom is 0 e. The van der Waals surface area contributed by atoms with Gasteiger partial charge in [0.2, 0.25) is 0 Å². The summed E-state index contributed by atoms with van der Waals surface area (Å²) in [5.74, 6) is 0. The van der Waals surface area contributed by atoms with Crippen LogP contribution < -0.4 is 0 Å². The van der Waals surface area contributed by atoms with E-state index in [2.05, 4.69) is 12.2 Å². The molecule has 0 aliphatic carbocycles. The van der Waals surface area contributed by atoms with E-state index in [9.17, 15) is 0 Å². The van der Waals surface area contributed by atoms with Gasteiger partial charge in [0, 0.05) is 25.8 Å². The third-order valence-corrected chi connectivity index (χ3v) is 0.843. The third kappa shape index (κ3) is 9.92. The SMILES string of the molecule is C[N-]C.[CH2-]c1ccccc1.[Hf]. The van der Waals surface area contributed by atoms with Crippen LogP contribution in [0.1, 0.15) is 5.56 Å². The van der Waals surface area contributed by atoms with E-state index in [4.69, 9.17) is 0 Å². The fourth-order valence-electron chi connectivity index (χ4n) is 0.478. The van der Waals surface area contributed by atoms with Crippen molar-refractivity contribution < 1.29 is 25.8 Å². The molecule has 0 unspecified atom stereocenters. The minimum atomic E-state index is 0. The Morgan fingerprint density at radius 2 is 1.45 bits per heavy atom. The normalized spacial score (nSPS) is 7.09. The molecular formula is C9H13HfN-2. The van der Waals surface area contributed by atoms with Gasteiger partial charge in [-0.2, -0.15) is 38.7 Å². The van der Waals surface area contributed by atoms with E-state index >= 15 is 0 Å². The van der Waals surface area contributed by atoms with Crippen LogP contribution in [-0.2, 0) is 25.8 Å². The molecule has 0 saturated carbocycles. The zero-order chi connectivity index (χ0) is 7.82. The molecule has 60 valence electrons. The molecule has 1 rings (SSSR count). The molecule has 0 bridgehead atoms. The van der Waals surface area contributed by atoms with Crippen molar-refractivity contribution in [2.75, 3.05) is 14.1 Å². The second-order valence-corrected chi connectivity index (χ2v) is 1.93. The van der Waals surface area contributed by atoms with Gasteiger partial charge in [-0.05, 0) is 0 Å². The van der Waals surface area contributed by atoms with Crippen molar-refractivity contribution >= 4 is 0 Å². The summed E-state index contributed by atoms with van der Waals surface area (Å²) in [5.41, 5.74) is 1.07. The summed E-state index contributed by atoms with van der Waals surface area (Å²) in [6, 6.07) is 9.87. The quantitative estimate of drug-likeness (QED) is 0.516. The molecule has 11 heavy (non-hydrogen) atoms. The number of hydrogen-bond acceptors (Lipinski definition) is 0. The molecule has 0 fully saturated rings. The van der Waals surface area contributed by atoms with E-state index in [1.54, 1.807) is 14.1 Å². The van der Waals surface area contributed by atoms with E-state index in [0.29, 0.717) is 0 Å². The van der Waals surface area contributed by atoms with Gasteiger partial charge in [-0.3, -0.25) is 0 Å². The Balaban J connectivity index is 0. The summed E-state index contributed by atoms with van der Waals surface area (Å²) in [6.45, 7) is 3.72. The summed E-state index contributed by atoms with van der Waals surface area (Å²) in [5, 5.41) is 3.50. The Labute approximate surface area is 88.0 Å². The van der Waals surface area contributed by atoms with Gasteiger partial charge in [0.05, 0.1) is 0 Å². The summed E-state index contributed by atoms with van der Waals surface area (Å²) in [4.78, 5) is 0. The minimum absolute atomic E-state index is 0. The predicted molar refractivity (Wildman–Crippen MR) is 46.1 cm³/mol. The third-order valence-electron chi connectivity index (χ3n) is 0.843. The van der Waals surface area contributed by atoms with Crippen LogP contribution in [-0.4, -0.2) is 14.1 Å². The van der Waals surface area contributed by atoms with Crippen molar-refractivity contribution in [3.63, 3.8) is 0 Å². The summed E-state index contributed by atoms with van der Waals surface area (Å²) in [7, 11) is 3.50. The maximum atomic E-state index is 3.72. The van der Waals surface area contributed by atoms with Crippen LogP contribution in [0.2, 0.25) is 0 Å². The van der Waals surface area contributed by atoms with Crippen LogP contribution in [0.25, 0.3) is 5.32 Å². The first kappa shape index (κ1) is 13.5. The van der Waals surface area contributed by atoms with Crippen LogP contribution >= 0.6 is 0 Å². The molecule has 0 heterocycles. The zero-order valence-corrected chi connectivity index (χ0v) is 10.6. The molecule has 0 aliphatic rings. The predicted octanol–water partition coefficient (Wildman–Crippen LogP) is 2.49. The first-order valence-electron chi connectivity index (χ1n) is 3.16. The summed E-state index contributed by atoms with van der Waals surface area (Å²) >= 11 is 0. The van der Waals surface area contributed by atoms with Crippen LogP contribution in [0.5, 0.6) is 0 Å². The van der Waals surface area contributed by atoms with Gasteiger partial charge in [-0.1, -0.05) is 6.07 Å². The molecular weight excluding hydrogens is 301 g/mol. The van der Waals surface area contributed by atoms with Crippen LogP contribution in [0.3, 0.4) is 0 Å². The Morgan fingerprint density at radius 3 is 1.64 bits per heavy atom. The molecule has 0 spiro atoms. The molecule has 0 aliphatic heterocycles. The average Bonchev–Trinajstić information content (AvgIpc) is 1.91. The Bertz CT molecular complexity index is 151. The standard InChI is InChI=1S/C7H7.C2H6N.Hf/c1-7-5-3-2-4-6-7;1-3-2;/h2-6H,1H2;1-2H3;/q2*-1;. The summed E-state index contributed by atoms with van der Waals surface area (Å²) in [6.07, 6.45) is 0. The van der Waals surface area contributed by atoms with Gasteiger partial charge < -0.3 is 5.32 Å². The van der Waals surface area contributed by atoms with Crippen LogP contribution in [0.15, 0.2) is 30.3 Å². The fraction of sp³-hybridized carbons (Fsp3) is 0.222. The maximum absolute atomic E-state index is 3.72. The topological polar surface area (TPSA) is 14.1 Å². The first-order chi connectivity index (χ1) is 4.81. The van der Waals surface area contributed by atoms with Gasteiger partial charge in [0.25, 0.3) is 0 Å². The molecule has 0 amide bonds. The Kier molecular flexibility index (Phi) is 12.2. The largest absolute Gasteiger partial charge is 0.668 e. The van der Waals surface area contributed by atoms with Gasteiger partial charge in [0.1, 0.15) is 0 Å². The molecule has 0 radical (unpaired) electrons. The van der Waals surface area contributed by atoms with E-state index in [1.165, 1.54) is 0 Å². The molecule has 0 saturated heterocycles. The van der Waals surface area contributed by atoms with Crippen LogP contribution in [0, 0.1) is 6.92 Å². The van der Waals surface area contributed by atoms with Crippen LogP contribution in [0.4, 0.5) is 0 Å². The van der Waals surface area contributed by atoms with E-state index in [0.717, 1.165) is 5.56 Å². The zero-order valence-electron chi connectivity index (χ0n) is 7.04. The average molecular weight is 314 g/mol. The second-order valence-electron chi connectivity index (χ2n) is 1.93. The van der Waals surface area contributed by atoms with Crippen molar-refractivity contribution in [2.24, 2.45) is 0 Å².